The number of hydrogen-bond donors (Lipinski definition) is 1. The van der Waals surface area contributed by atoms with Gasteiger partial charge < -0.3 is 9.30 Å². The van der Waals surface area contributed by atoms with Crippen molar-refractivity contribution in [2.24, 2.45) is 0 Å². The van der Waals surface area contributed by atoms with E-state index in [0.717, 1.165) is 3.57 Å². The maximum atomic E-state index is 12.5. The van der Waals surface area contributed by atoms with Crippen molar-refractivity contribution >= 4 is 38.3 Å². The molecule has 4 aromatic rings. The lowest BCUT2D eigenvalue weighted by molar-refractivity contribution is 0.459. The predicted molar refractivity (Wildman–Crippen MR) is 123 cm³/mol. The summed E-state index contributed by atoms with van der Waals surface area (Å²) in [4.78, 5) is 8.92. The molecule has 0 saturated heterocycles. The van der Waals surface area contributed by atoms with Crippen LogP contribution in [0.4, 0.5) is 5.69 Å². The Balaban J connectivity index is 1.50. The van der Waals surface area contributed by atoms with Crippen molar-refractivity contribution in [1.29, 1.82) is 0 Å². The van der Waals surface area contributed by atoms with Gasteiger partial charge in [0.15, 0.2) is 0 Å². The first-order valence-corrected chi connectivity index (χ1v) is 11.5. The summed E-state index contributed by atoms with van der Waals surface area (Å²) in [6.07, 6.45) is 3.78. The van der Waals surface area contributed by atoms with Gasteiger partial charge in [-0.3, -0.25) is 4.72 Å². The van der Waals surface area contributed by atoms with Gasteiger partial charge >= 0.3 is 0 Å². The number of anilines is 1. The standard InChI is InChI=1S/C21H17IN4O3S/c1-15-23-20(26-12-2-3-13-26)14-21(24-15)29-18-8-6-17(7-9-18)25-30(27,28)19-10-4-16(22)5-11-19/h2-14,25H,1H3. The lowest BCUT2D eigenvalue weighted by Crippen LogP contribution is -2.12. The zero-order valence-electron chi connectivity index (χ0n) is 15.9. The predicted octanol–water partition coefficient (Wildman–Crippen LogP) is 4.77. The number of rotatable bonds is 6. The number of nitrogens with zero attached hydrogens (tertiary/aromatic N) is 3. The van der Waals surface area contributed by atoms with E-state index in [1.807, 2.05) is 29.1 Å². The molecule has 1 N–H and O–H groups in total. The van der Waals surface area contributed by atoms with Crippen LogP contribution in [0.15, 0.2) is 84.0 Å². The quantitative estimate of drug-likeness (QED) is 0.362. The summed E-state index contributed by atoms with van der Waals surface area (Å²) in [6.45, 7) is 1.79. The van der Waals surface area contributed by atoms with E-state index >= 15 is 0 Å². The molecule has 30 heavy (non-hydrogen) atoms. The Kier molecular flexibility index (Phi) is 5.73. The van der Waals surface area contributed by atoms with Crippen molar-refractivity contribution in [1.82, 2.24) is 14.5 Å². The smallest absolute Gasteiger partial charge is 0.261 e. The summed E-state index contributed by atoms with van der Waals surface area (Å²) in [5.41, 5.74) is 0.438. The van der Waals surface area contributed by atoms with Crippen LogP contribution in [-0.2, 0) is 10.0 Å². The van der Waals surface area contributed by atoms with E-state index in [9.17, 15) is 8.42 Å². The van der Waals surface area contributed by atoms with Crippen molar-refractivity contribution in [2.45, 2.75) is 11.8 Å². The minimum absolute atomic E-state index is 0.206. The van der Waals surface area contributed by atoms with Crippen LogP contribution in [0.2, 0.25) is 0 Å². The van der Waals surface area contributed by atoms with Gasteiger partial charge in [-0.15, -0.1) is 0 Å². The van der Waals surface area contributed by atoms with Crippen molar-refractivity contribution in [3.05, 3.63) is 88.5 Å². The number of nitrogens with one attached hydrogen (secondary N) is 1. The summed E-state index contributed by atoms with van der Waals surface area (Å²) in [7, 11) is -3.66. The molecule has 0 aliphatic rings. The molecule has 2 aromatic carbocycles. The topological polar surface area (TPSA) is 86.1 Å². The molecule has 4 rings (SSSR count). The average Bonchev–Trinajstić information content (AvgIpc) is 3.24. The maximum absolute atomic E-state index is 12.5. The van der Waals surface area contributed by atoms with Crippen molar-refractivity contribution < 1.29 is 13.2 Å². The third kappa shape index (κ3) is 4.79. The van der Waals surface area contributed by atoms with Gasteiger partial charge in [0.2, 0.25) is 5.88 Å². The van der Waals surface area contributed by atoms with Crippen molar-refractivity contribution in [3.8, 4) is 17.4 Å². The van der Waals surface area contributed by atoms with Gasteiger partial charge in [-0.1, -0.05) is 0 Å². The molecular formula is C21H17IN4O3S. The Hall–Kier alpha value is -2.92. The molecule has 152 valence electrons. The van der Waals surface area contributed by atoms with E-state index < -0.39 is 10.0 Å². The molecule has 0 unspecified atom stereocenters. The molecular weight excluding hydrogens is 515 g/mol. The molecule has 0 fully saturated rings. The van der Waals surface area contributed by atoms with Crippen LogP contribution >= 0.6 is 22.6 Å². The Labute approximate surface area is 188 Å². The second-order valence-electron chi connectivity index (χ2n) is 6.39. The van der Waals surface area contributed by atoms with Gasteiger partial charge in [0.25, 0.3) is 10.0 Å². The van der Waals surface area contributed by atoms with E-state index in [-0.39, 0.29) is 4.90 Å². The molecule has 2 heterocycles. The molecule has 2 aromatic heterocycles. The first kappa shape index (κ1) is 20.4. The van der Waals surface area contributed by atoms with Crippen LogP contribution in [0.5, 0.6) is 11.6 Å². The summed E-state index contributed by atoms with van der Waals surface area (Å²) in [5.74, 6) is 2.21. The molecule has 0 spiro atoms. The molecule has 9 heteroatoms. The zero-order valence-corrected chi connectivity index (χ0v) is 18.8. The Morgan fingerprint density at radius 2 is 1.63 bits per heavy atom. The highest BCUT2D eigenvalue weighted by atomic mass is 127. The fraction of sp³-hybridized carbons (Fsp3) is 0.0476. The number of sulfonamides is 1. The normalized spacial score (nSPS) is 11.3. The molecule has 0 radical (unpaired) electrons. The molecule has 7 nitrogen and oxygen atoms in total. The highest BCUT2D eigenvalue weighted by molar-refractivity contribution is 14.1. The number of aryl methyl sites for hydroxylation is 1. The monoisotopic (exact) mass is 532 g/mol. The Morgan fingerprint density at radius 3 is 2.30 bits per heavy atom. The van der Waals surface area contributed by atoms with Gasteiger partial charge in [0.1, 0.15) is 17.4 Å². The van der Waals surface area contributed by atoms with Gasteiger partial charge in [-0.05, 0) is 90.2 Å². The van der Waals surface area contributed by atoms with E-state index in [4.69, 9.17) is 4.74 Å². The Bertz CT molecular complexity index is 1260. The first-order chi connectivity index (χ1) is 14.4. The number of ether oxygens (including phenoxy) is 1. The molecule has 0 saturated carbocycles. The second-order valence-corrected chi connectivity index (χ2v) is 9.32. The highest BCUT2D eigenvalue weighted by Gasteiger charge is 2.14. The molecule has 0 atom stereocenters. The second kappa shape index (κ2) is 8.44. The third-order valence-corrected chi connectivity index (χ3v) is 6.24. The van der Waals surface area contributed by atoms with Gasteiger partial charge in [-0.2, -0.15) is 4.98 Å². The zero-order chi connectivity index (χ0) is 21.1. The molecule has 0 amide bonds. The Morgan fingerprint density at radius 1 is 0.967 bits per heavy atom. The molecule has 0 bridgehead atoms. The van der Waals surface area contributed by atoms with E-state index in [1.165, 1.54) is 0 Å². The minimum atomic E-state index is -3.66. The number of hydrogen-bond acceptors (Lipinski definition) is 5. The lowest BCUT2D eigenvalue weighted by Gasteiger charge is -2.10. The summed E-state index contributed by atoms with van der Waals surface area (Å²) < 4.78 is 36.3. The first-order valence-electron chi connectivity index (χ1n) is 8.94. The highest BCUT2D eigenvalue weighted by Crippen LogP contribution is 2.24. The van der Waals surface area contributed by atoms with Crippen LogP contribution in [0.3, 0.4) is 0 Å². The largest absolute Gasteiger partial charge is 0.439 e. The van der Waals surface area contributed by atoms with E-state index in [2.05, 4.69) is 37.3 Å². The van der Waals surface area contributed by atoms with E-state index in [1.54, 1.807) is 61.5 Å². The van der Waals surface area contributed by atoms with Gasteiger partial charge in [0.05, 0.1) is 4.90 Å². The SMILES string of the molecule is Cc1nc(Oc2ccc(NS(=O)(=O)c3ccc(I)cc3)cc2)cc(-n2cccc2)n1. The summed E-state index contributed by atoms with van der Waals surface area (Å²) in [6, 6.07) is 18.8. The van der Waals surface area contributed by atoms with Crippen LogP contribution in [0, 0.1) is 10.5 Å². The number of benzene rings is 2. The third-order valence-electron chi connectivity index (χ3n) is 4.12. The van der Waals surface area contributed by atoms with Gasteiger partial charge in [-0.25, -0.2) is 13.4 Å². The summed E-state index contributed by atoms with van der Waals surface area (Å²) in [5, 5.41) is 0. The van der Waals surface area contributed by atoms with E-state index in [0.29, 0.717) is 29.0 Å². The minimum Gasteiger partial charge on any atom is -0.439 e. The van der Waals surface area contributed by atoms with Crippen molar-refractivity contribution in [2.75, 3.05) is 4.72 Å². The fourth-order valence-corrected chi connectivity index (χ4v) is 4.15. The van der Waals surface area contributed by atoms with Crippen molar-refractivity contribution in [3.63, 3.8) is 0 Å². The van der Waals surface area contributed by atoms with Crippen LogP contribution in [-0.4, -0.2) is 23.0 Å². The lowest BCUT2D eigenvalue weighted by atomic mass is 10.3. The summed E-state index contributed by atoms with van der Waals surface area (Å²) >= 11 is 2.13. The van der Waals surface area contributed by atoms with Gasteiger partial charge in [0, 0.05) is 27.7 Å². The van der Waals surface area contributed by atoms with Crippen LogP contribution in [0.25, 0.3) is 5.82 Å². The van der Waals surface area contributed by atoms with Crippen LogP contribution < -0.4 is 9.46 Å². The number of aromatic nitrogens is 3. The molecule has 0 aliphatic heterocycles. The maximum Gasteiger partial charge on any atom is 0.261 e. The number of halogens is 1. The average molecular weight is 532 g/mol. The fourth-order valence-electron chi connectivity index (χ4n) is 2.74. The molecule has 0 aliphatic carbocycles. The van der Waals surface area contributed by atoms with Crippen LogP contribution in [0.1, 0.15) is 5.82 Å².